The van der Waals surface area contributed by atoms with Crippen molar-refractivity contribution >= 4 is 34.6 Å². The van der Waals surface area contributed by atoms with Crippen molar-refractivity contribution in [3.05, 3.63) is 102 Å². The van der Waals surface area contributed by atoms with Crippen molar-refractivity contribution in [2.45, 2.75) is 19.0 Å². The molecule has 0 spiro atoms. The lowest BCUT2D eigenvalue weighted by Gasteiger charge is -2.29. The van der Waals surface area contributed by atoms with Gasteiger partial charge in [-0.2, -0.15) is 0 Å². The average molecular weight is 528 g/mol. The van der Waals surface area contributed by atoms with Gasteiger partial charge in [0.1, 0.15) is 18.4 Å². The smallest absolute Gasteiger partial charge is 0.250 e. The molecule has 0 radical (unpaired) electrons. The third-order valence-electron chi connectivity index (χ3n) is 6.56. The number of benzene rings is 2. The molecule has 38 heavy (non-hydrogen) atoms. The van der Waals surface area contributed by atoms with Crippen molar-refractivity contribution in [2.24, 2.45) is 0 Å². The Balaban J connectivity index is 1.60. The number of para-hydroxylation sites is 2. The molecule has 2 unspecified atom stereocenters. The second-order valence-electron chi connectivity index (χ2n) is 8.95. The van der Waals surface area contributed by atoms with Gasteiger partial charge in [0, 0.05) is 36.6 Å². The number of carbonyl (C=O) groups is 1. The number of hydrogen-bond acceptors (Lipinski definition) is 5. The lowest BCUT2D eigenvalue weighted by molar-refractivity contribution is -0.119. The first kappa shape index (κ1) is 25.4. The molecule has 2 aromatic carbocycles. The zero-order chi connectivity index (χ0) is 26.6. The highest BCUT2D eigenvalue weighted by Crippen LogP contribution is 2.43. The molecule has 1 aliphatic rings. The van der Waals surface area contributed by atoms with Crippen LogP contribution in [-0.4, -0.2) is 41.4 Å². The van der Waals surface area contributed by atoms with Crippen molar-refractivity contribution in [2.75, 3.05) is 31.0 Å². The third-order valence-corrected chi connectivity index (χ3v) is 6.88. The minimum absolute atomic E-state index is 0.00487. The second kappa shape index (κ2) is 11.0. The molecule has 2 N–H and O–H groups in total. The Labute approximate surface area is 227 Å². The highest BCUT2D eigenvalue weighted by molar-refractivity contribution is 7.80. The number of anilines is 2. The number of carbonyl (C=O) groups excluding carboxylic acids is 1. The van der Waals surface area contributed by atoms with Gasteiger partial charge in [0.2, 0.25) is 5.91 Å². The average Bonchev–Trinajstić information content (AvgIpc) is 3.54. The van der Waals surface area contributed by atoms with Crippen molar-refractivity contribution in [1.82, 2.24) is 14.9 Å². The maximum Gasteiger partial charge on any atom is 0.250 e. The number of pyridine rings is 1. The minimum atomic E-state index is -0.217. The molecular weight excluding hydrogens is 498 g/mol. The number of amides is 1. The largest absolute Gasteiger partial charge is 0.495 e. The maximum absolute atomic E-state index is 12.1. The summed E-state index contributed by atoms with van der Waals surface area (Å²) in [5, 5.41) is 7.00. The van der Waals surface area contributed by atoms with Gasteiger partial charge in [-0.3, -0.25) is 9.78 Å². The number of nitrogens with zero attached hydrogens (tertiary/aromatic N) is 3. The fourth-order valence-corrected chi connectivity index (χ4v) is 5.22. The molecule has 1 fully saturated rings. The summed E-state index contributed by atoms with van der Waals surface area (Å²) in [6.07, 6.45) is 3.82. The lowest BCUT2D eigenvalue weighted by Crippen LogP contribution is -2.30. The number of aryl methyl sites for hydroxylation is 1. The highest BCUT2D eigenvalue weighted by atomic mass is 32.1. The fourth-order valence-electron chi connectivity index (χ4n) is 4.87. The minimum Gasteiger partial charge on any atom is -0.495 e. The molecule has 4 aromatic rings. The molecule has 5 rings (SSSR count). The van der Waals surface area contributed by atoms with Crippen LogP contribution in [0.2, 0.25) is 0 Å². The summed E-state index contributed by atoms with van der Waals surface area (Å²) < 4.78 is 12.8. The van der Waals surface area contributed by atoms with E-state index in [1.807, 2.05) is 79.9 Å². The number of hydrogen-bond donors (Lipinski definition) is 2. The van der Waals surface area contributed by atoms with E-state index < -0.39 is 0 Å². The SMILES string of the molecule is COCC(=O)Nc1ccc(N2C(=S)NC(c3ccccn3)C2c2cccn2-c2ccccc2OC)cc1C. The van der Waals surface area contributed by atoms with Gasteiger partial charge in [-0.05, 0) is 79.3 Å². The molecule has 9 heteroatoms. The Bertz CT molecular complexity index is 1460. The van der Waals surface area contributed by atoms with E-state index in [1.165, 1.54) is 7.11 Å². The summed E-state index contributed by atoms with van der Waals surface area (Å²) in [6, 6.07) is 23.4. The van der Waals surface area contributed by atoms with Crippen LogP contribution in [0, 0.1) is 6.92 Å². The van der Waals surface area contributed by atoms with Crippen LogP contribution < -0.4 is 20.3 Å². The number of rotatable bonds is 8. The van der Waals surface area contributed by atoms with E-state index >= 15 is 0 Å². The summed E-state index contributed by atoms with van der Waals surface area (Å²) in [6.45, 7) is 1.95. The van der Waals surface area contributed by atoms with Gasteiger partial charge < -0.3 is 29.6 Å². The van der Waals surface area contributed by atoms with E-state index in [0.29, 0.717) is 5.11 Å². The first-order chi connectivity index (χ1) is 18.5. The van der Waals surface area contributed by atoms with Crippen LogP contribution in [0.3, 0.4) is 0 Å². The zero-order valence-electron chi connectivity index (χ0n) is 21.4. The highest BCUT2D eigenvalue weighted by Gasteiger charge is 2.42. The van der Waals surface area contributed by atoms with Gasteiger partial charge in [-0.25, -0.2) is 0 Å². The summed E-state index contributed by atoms with van der Waals surface area (Å²) in [5.41, 5.74) is 5.38. The second-order valence-corrected chi connectivity index (χ2v) is 9.34. The number of methoxy groups -OCH3 is 2. The molecule has 194 valence electrons. The number of ether oxygens (including phenoxy) is 2. The van der Waals surface area contributed by atoms with E-state index in [1.54, 1.807) is 13.3 Å². The van der Waals surface area contributed by atoms with Crippen LogP contribution in [0.5, 0.6) is 5.75 Å². The van der Waals surface area contributed by atoms with Gasteiger partial charge in [0.15, 0.2) is 5.11 Å². The Morgan fingerprint density at radius 2 is 1.89 bits per heavy atom. The molecule has 2 atom stereocenters. The predicted molar refractivity (Wildman–Crippen MR) is 152 cm³/mol. The molecule has 1 saturated heterocycles. The molecule has 3 heterocycles. The van der Waals surface area contributed by atoms with Gasteiger partial charge in [-0.1, -0.05) is 18.2 Å². The summed E-state index contributed by atoms with van der Waals surface area (Å²) in [5.74, 6) is 0.566. The predicted octanol–water partition coefficient (Wildman–Crippen LogP) is 4.95. The van der Waals surface area contributed by atoms with Gasteiger partial charge >= 0.3 is 0 Å². The fraction of sp³-hybridized carbons (Fsp3) is 0.207. The number of thiocarbonyl (C=S) groups is 1. The lowest BCUT2D eigenvalue weighted by atomic mass is 10.00. The van der Waals surface area contributed by atoms with E-state index in [2.05, 4.69) is 31.2 Å². The topological polar surface area (TPSA) is 80.7 Å². The van der Waals surface area contributed by atoms with E-state index in [9.17, 15) is 4.79 Å². The quantitative estimate of drug-likeness (QED) is 0.314. The van der Waals surface area contributed by atoms with E-state index in [0.717, 1.165) is 39.8 Å². The van der Waals surface area contributed by atoms with Crippen LogP contribution in [-0.2, 0) is 9.53 Å². The van der Waals surface area contributed by atoms with E-state index in [-0.39, 0.29) is 24.6 Å². The van der Waals surface area contributed by atoms with Crippen LogP contribution in [0.4, 0.5) is 11.4 Å². The van der Waals surface area contributed by atoms with Crippen LogP contribution in [0.1, 0.15) is 29.0 Å². The Hall–Kier alpha value is -4.21. The number of aromatic nitrogens is 2. The Morgan fingerprint density at radius 1 is 1.08 bits per heavy atom. The third kappa shape index (κ3) is 4.85. The molecule has 0 aliphatic carbocycles. The Morgan fingerprint density at radius 3 is 2.63 bits per heavy atom. The van der Waals surface area contributed by atoms with Crippen molar-refractivity contribution in [3.8, 4) is 11.4 Å². The zero-order valence-corrected chi connectivity index (χ0v) is 22.2. The van der Waals surface area contributed by atoms with E-state index in [4.69, 9.17) is 21.7 Å². The molecule has 2 aromatic heterocycles. The normalized spacial score (nSPS) is 16.8. The molecule has 0 bridgehead atoms. The van der Waals surface area contributed by atoms with Crippen LogP contribution in [0.25, 0.3) is 5.69 Å². The Kier molecular flexibility index (Phi) is 7.39. The first-order valence-electron chi connectivity index (χ1n) is 12.2. The standard InChI is InChI=1S/C29H29N5O3S/c1-19-17-20(13-14-21(19)31-26(35)18-36-2)34-28(27(32-29(34)38)22-9-6-7-15-30-22)24-11-8-16-33(24)23-10-4-5-12-25(23)37-3/h4-17,27-28H,18H2,1-3H3,(H,31,35)(H,32,38). The molecule has 8 nitrogen and oxygen atoms in total. The summed E-state index contributed by atoms with van der Waals surface area (Å²) in [7, 11) is 3.17. The van der Waals surface area contributed by atoms with Crippen molar-refractivity contribution < 1.29 is 14.3 Å². The summed E-state index contributed by atoms with van der Waals surface area (Å²) in [4.78, 5) is 18.9. The number of nitrogens with one attached hydrogen (secondary N) is 2. The monoisotopic (exact) mass is 527 g/mol. The molecular formula is C29H29N5O3S. The van der Waals surface area contributed by atoms with Crippen LogP contribution in [0.15, 0.2) is 85.2 Å². The van der Waals surface area contributed by atoms with Gasteiger partial charge in [0.25, 0.3) is 0 Å². The molecule has 1 aliphatic heterocycles. The van der Waals surface area contributed by atoms with Gasteiger partial charge in [-0.15, -0.1) is 0 Å². The summed E-state index contributed by atoms with van der Waals surface area (Å²) >= 11 is 5.91. The van der Waals surface area contributed by atoms with Crippen LogP contribution >= 0.6 is 12.2 Å². The maximum atomic E-state index is 12.1. The molecule has 1 amide bonds. The molecule has 0 saturated carbocycles. The van der Waals surface area contributed by atoms with Crippen molar-refractivity contribution in [1.29, 1.82) is 0 Å². The van der Waals surface area contributed by atoms with Crippen molar-refractivity contribution in [3.63, 3.8) is 0 Å². The van der Waals surface area contributed by atoms with Gasteiger partial charge in [0.05, 0.1) is 24.5 Å². The first-order valence-corrected chi connectivity index (χ1v) is 12.6.